The van der Waals surface area contributed by atoms with Gasteiger partial charge in [-0.05, 0) is 5.56 Å². The van der Waals surface area contributed by atoms with Crippen LogP contribution in [0.1, 0.15) is 12.0 Å². The van der Waals surface area contributed by atoms with Gasteiger partial charge >= 0.3 is 0 Å². The number of nitrogens with two attached hydrogens (primary N) is 1. The molecule has 0 saturated carbocycles. The fourth-order valence-corrected chi connectivity index (χ4v) is 1.06. The number of carbonyl (C=O) groups is 1. The standard InChI is InChI=1S/C10H14N2O2/c11-9(13)6-10(14)12-7-8-4-2-1-3-5-8/h1-5,9,13H,6-7,11H2,(H,12,14). The molecule has 1 aromatic rings. The van der Waals surface area contributed by atoms with Crippen LogP contribution in [0.25, 0.3) is 0 Å². The van der Waals surface area contributed by atoms with Crippen molar-refractivity contribution in [2.45, 2.75) is 19.2 Å². The summed E-state index contributed by atoms with van der Waals surface area (Å²) in [6, 6.07) is 9.55. The van der Waals surface area contributed by atoms with Gasteiger partial charge in [0.05, 0.1) is 6.42 Å². The van der Waals surface area contributed by atoms with E-state index in [0.717, 1.165) is 5.56 Å². The molecule has 0 aliphatic carbocycles. The lowest BCUT2D eigenvalue weighted by Gasteiger charge is -2.06. The van der Waals surface area contributed by atoms with E-state index in [0.29, 0.717) is 6.54 Å². The highest BCUT2D eigenvalue weighted by molar-refractivity contribution is 5.76. The molecule has 0 fully saturated rings. The predicted octanol–water partition coefficient (Wildman–Crippen LogP) is -0.0300. The van der Waals surface area contributed by atoms with Crippen LogP contribution in [0.3, 0.4) is 0 Å². The second-order valence-corrected chi connectivity index (χ2v) is 3.03. The van der Waals surface area contributed by atoms with Crippen LogP contribution in [0.4, 0.5) is 0 Å². The fourth-order valence-electron chi connectivity index (χ4n) is 1.06. The maximum Gasteiger partial charge on any atom is 0.224 e. The van der Waals surface area contributed by atoms with E-state index >= 15 is 0 Å². The van der Waals surface area contributed by atoms with Crippen LogP contribution in [0.5, 0.6) is 0 Å². The Hall–Kier alpha value is -1.39. The third kappa shape index (κ3) is 4.02. The van der Waals surface area contributed by atoms with Crippen LogP contribution in [-0.2, 0) is 11.3 Å². The molecule has 0 radical (unpaired) electrons. The van der Waals surface area contributed by atoms with Crippen LogP contribution in [-0.4, -0.2) is 17.2 Å². The van der Waals surface area contributed by atoms with E-state index in [4.69, 9.17) is 10.8 Å². The van der Waals surface area contributed by atoms with Gasteiger partial charge in [0.1, 0.15) is 6.23 Å². The lowest BCUT2D eigenvalue weighted by Crippen LogP contribution is -2.30. The Labute approximate surface area is 82.7 Å². The fraction of sp³-hybridized carbons (Fsp3) is 0.300. The quantitative estimate of drug-likeness (QED) is 0.589. The van der Waals surface area contributed by atoms with E-state index in [1.165, 1.54) is 0 Å². The Bertz CT molecular complexity index is 285. The van der Waals surface area contributed by atoms with Crippen LogP contribution in [0, 0.1) is 0 Å². The highest BCUT2D eigenvalue weighted by atomic mass is 16.3. The normalized spacial score (nSPS) is 12.1. The Kier molecular flexibility index (Phi) is 4.10. The van der Waals surface area contributed by atoms with Gasteiger partial charge in [0.2, 0.25) is 5.91 Å². The van der Waals surface area contributed by atoms with Crippen molar-refractivity contribution in [3.8, 4) is 0 Å². The summed E-state index contributed by atoms with van der Waals surface area (Å²) in [5.41, 5.74) is 6.08. The molecule has 0 bridgehead atoms. The summed E-state index contributed by atoms with van der Waals surface area (Å²) < 4.78 is 0. The number of amides is 1. The van der Waals surface area contributed by atoms with Gasteiger partial charge in [-0.15, -0.1) is 0 Å². The number of aliphatic hydroxyl groups excluding tert-OH is 1. The molecule has 76 valence electrons. The topological polar surface area (TPSA) is 75.3 Å². The number of nitrogens with one attached hydrogen (secondary N) is 1. The van der Waals surface area contributed by atoms with E-state index in [9.17, 15) is 4.79 Å². The van der Waals surface area contributed by atoms with E-state index in [1.54, 1.807) is 0 Å². The maximum atomic E-state index is 11.1. The van der Waals surface area contributed by atoms with Gasteiger partial charge in [-0.25, -0.2) is 0 Å². The summed E-state index contributed by atoms with van der Waals surface area (Å²) in [5.74, 6) is -0.246. The molecule has 0 heterocycles. The molecule has 4 N–H and O–H groups in total. The predicted molar refractivity (Wildman–Crippen MR) is 53.1 cm³/mol. The van der Waals surface area contributed by atoms with E-state index < -0.39 is 6.23 Å². The molecule has 1 rings (SSSR count). The van der Waals surface area contributed by atoms with E-state index in [1.807, 2.05) is 30.3 Å². The molecule has 0 aromatic heterocycles. The number of aliphatic hydroxyl groups is 1. The minimum absolute atomic E-state index is 0.0627. The monoisotopic (exact) mass is 194 g/mol. The number of hydrogen-bond donors (Lipinski definition) is 3. The van der Waals surface area contributed by atoms with E-state index in [-0.39, 0.29) is 12.3 Å². The lowest BCUT2D eigenvalue weighted by atomic mass is 10.2. The number of hydrogen-bond acceptors (Lipinski definition) is 3. The van der Waals surface area contributed by atoms with Crippen molar-refractivity contribution >= 4 is 5.91 Å². The van der Waals surface area contributed by atoms with Gasteiger partial charge in [-0.1, -0.05) is 30.3 Å². The highest BCUT2D eigenvalue weighted by Gasteiger charge is 2.04. The van der Waals surface area contributed by atoms with Crippen LogP contribution in [0.2, 0.25) is 0 Å². The first-order valence-electron chi connectivity index (χ1n) is 4.43. The summed E-state index contributed by atoms with van der Waals surface area (Å²) >= 11 is 0. The zero-order valence-corrected chi connectivity index (χ0v) is 7.81. The SMILES string of the molecule is NC(O)CC(=O)NCc1ccccc1. The molecule has 0 spiro atoms. The van der Waals surface area contributed by atoms with Crippen molar-refractivity contribution in [3.63, 3.8) is 0 Å². The van der Waals surface area contributed by atoms with Crippen LogP contribution >= 0.6 is 0 Å². The van der Waals surface area contributed by atoms with Crippen molar-refractivity contribution in [1.29, 1.82) is 0 Å². The number of rotatable bonds is 4. The van der Waals surface area contributed by atoms with Gasteiger partial charge in [0, 0.05) is 6.54 Å². The van der Waals surface area contributed by atoms with Gasteiger partial charge in [0.15, 0.2) is 0 Å². The molecule has 1 aromatic carbocycles. The first-order chi connectivity index (χ1) is 6.68. The molecule has 14 heavy (non-hydrogen) atoms. The molecule has 4 heteroatoms. The zero-order chi connectivity index (χ0) is 10.4. The van der Waals surface area contributed by atoms with Gasteiger partial charge < -0.3 is 16.2 Å². The lowest BCUT2D eigenvalue weighted by molar-refractivity contribution is -0.123. The molecule has 4 nitrogen and oxygen atoms in total. The Morgan fingerprint density at radius 1 is 1.43 bits per heavy atom. The Balaban J connectivity index is 2.31. The third-order valence-corrected chi connectivity index (χ3v) is 1.73. The molecule has 0 aliphatic rings. The molecule has 1 unspecified atom stereocenters. The Morgan fingerprint density at radius 3 is 2.64 bits per heavy atom. The van der Waals surface area contributed by atoms with Gasteiger partial charge in [-0.3, -0.25) is 4.79 Å². The smallest absolute Gasteiger partial charge is 0.224 e. The second kappa shape index (κ2) is 5.36. The average molecular weight is 194 g/mol. The zero-order valence-electron chi connectivity index (χ0n) is 7.81. The summed E-state index contributed by atoms with van der Waals surface area (Å²) in [4.78, 5) is 11.1. The van der Waals surface area contributed by atoms with Crippen molar-refractivity contribution in [2.75, 3.05) is 0 Å². The first-order valence-corrected chi connectivity index (χ1v) is 4.43. The molecular weight excluding hydrogens is 180 g/mol. The molecule has 0 saturated heterocycles. The number of benzene rings is 1. The Morgan fingerprint density at radius 2 is 2.07 bits per heavy atom. The summed E-state index contributed by atoms with van der Waals surface area (Å²) in [6.07, 6.45) is -1.14. The summed E-state index contributed by atoms with van der Waals surface area (Å²) in [6.45, 7) is 0.465. The average Bonchev–Trinajstić information content (AvgIpc) is 2.15. The molecule has 1 amide bonds. The minimum Gasteiger partial charge on any atom is -0.378 e. The number of carbonyl (C=O) groups excluding carboxylic acids is 1. The van der Waals surface area contributed by atoms with Crippen molar-refractivity contribution in [3.05, 3.63) is 35.9 Å². The second-order valence-electron chi connectivity index (χ2n) is 3.03. The van der Waals surface area contributed by atoms with Gasteiger partial charge in [-0.2, -0.15) is 0 Å². The van der Waals surface area contributed by atoms with Crippen LogP contribution < -0.4 is 11.1 Å². The maximum absolute atomic E-state index is 11.1. The molecule has 0 aliphatic heterocycles. The van der Waals surface area contributed by atoms with Crippen molar-refractivity contribution in [2.24, 2.45) is 5.73 Å². The highest BCUT2D eigenvalue weighted by Crippen LogP contribution is 1.97. The third-order valence-electron chi connectivity index (χ3n) is 1.73. The summed E-state index contributed by atoms with van der Waals surface area (Å²) in [5, 5.41) is 11.4. The van der Waals surface area contributed by atoms with Crippen molar-refractivity contribution in [1.82, 2.24) is 5.32 Å². The largest absolute Gasteiger partial charge is 0.378 e. The molecule has 1 atom stereocenters. The van der Waals surface area contributed by atoms with E-state index in [2.05, 4.69) is 5.32 Å². The van der Waals surface area contributed by atoms with Crippen molar-refractivity contribution < 1.29 is 9.90 Å². The van der Waals surface area contributed by atoms with Gasteiger partial charge in [0.25, 0.3) is 0 Å². The van der Waals surface area contributed by atoms with Crippen LogP contribution in [0.15, 0.2) is 30.3 Å². The first kappa shape index (κ1) is 10.7. The summed E-state index contributed by atoms with van der Waals surface area (Å²) in [7, 11) is 0. The minimum atomic E-state index is -1.08. The molecular formula is C10H14N2O2.